The van der Waals surface area contributed by atoms with E-state index in [0.29, 0.717) is 10.8 Å². The monoisotopic (exact) mass is 542 g/mol. The zero-order chi connectivity index (χ0) is 28.3. The summed E-state index contributed by atoms with van der Waals surface area (Å²) >= 11 is 0. The maximum atomic E-state index is 12.6. The van der Waals surface area contributed by atoms with Gasteiger partial charge in [-0.3, -0.25) is 0 Å². The number of allylic oxidation sites excluding steroid dienone is 3. The molecule has 3 fully saturated rings. The molecule has 1 aromatic carbocycles. The molecular weight excluding hydrogens is 488 g/mol. The van der Waals surface area contributed by atoms with E-state index in [9.17, 15) is 4.79 Å². The number of hydrogen-bond acceptors (Lipinski definition) is 2. The van der Waals surface area contributed by atoms with Crippen LogP contribution in [0.5, 0.6) is 0 Å². The minimum Gasteiger partial charge on any atom is -0.459 e. The van der Waals surface area contributed by atoms with E-state index < -0.39 is 0 Å². The van der Waals surface area contributed by atoms with Gasteiger partial charge in [0.15, 0.2) is 0 Å². The fraction of sp³-hybridized carbons (Fsp3) is 0.658. The van der Waals surface area contributed by atoms with Gasteiger partial charge in [-0.1, -0.05) is 114 Å². The fourth-order valence-corrected chi connectivity index (χ4v) is 9.82. The average molecular weight is 543 g/mol. The minimum absolute atomic E-state index is 0.0162. The third-order valence-electron chi connectivity index (χ3n) is 12.0. The maximum absolute atomic E-state index is 12.6. The number of fused-ring (bicyclic) bond motifs is 5. The maximum Gasteiger partial charge on any atom is 0.331 e. The van der Waals surface area contributed by atoms with Crippen LogP contribution in [0.4, 0.5) is 0 Å². The van der Waals surface area contributed by atoms with Crippen molar-refractivity contribution < 1.29 is 9.53 Å². The van der Waals surface area contributed by atoms with Crippen LogP contribution in [0, 0.1) is 46.3 Å². The van der Waals surface area contributed by atoms with Crippen molar-refractivity contribution in [3.8, 4) is 0 Å². The van der Waals surface area contributed by atoms with Crippen LogP contribution in [0.2, 0.25) is 0 Å². The van der Waals surface area contributed by atoms with E-state index in [0.717, 1.165) is 60.3 Å². The zero-order valence-corrected chi connectivity index (χ0v) is 25.9. The summed E-state index contributed by atoms with van der Waals surface area (Å²) in [5, 5.41) is 0. The van der Waals surface area contributed by atoms with Crippen LogP contribution in [0.25, 0.3) is 6.08 Å². The molecule has 4 aliphatic rings. The second-order valence-electron chi connectivity index (χ2n) is 14.7. The summed E-state index contributed by atoms with van der Waals surface area (Å²) in [5.41, 5.74) is 3.55. The molecule has 1 aromatic rings. The number of hydrogen-bond donors (Lipinski definition) is 0. The zero-order valence-electron chi connectivity index (χ0n) is 25.9. The quantitative estimate of drug-likeness (QED) is 0.134. The van der Waals surface area contributed by atoms with Crippen molar-refractivity contribution in [2.45, 2.75) is 111 Å². The molecule has 4 aliphatic carbocycles. The lowest BCUT2D eigenvalue weighted by Crippen LogP contribution is -2.51. The highest BCUT2D eigenvalue weighted by Crippen LogP contribution is 2.67. The predicted molar refractivity (Wildman–Crippen MR) is 168 cm³/mol. The molecule has 5 rings (SSSR count). The molecule has 8 atom stereocenters. The molecule has 0 bridgehead atoms. The second-order valence-corrected chi connectivity index (χ2v) is 14.7. The SMILES string of the molecule is CC(C)CCC[C@@H](C)[C@H]1CC[C@@H]2[C@H]3CC=C4C[C@@H](OC(=O)/C=C/C=C/c5ccccc5)CC[C@]4(C)[C@@H]3CC[C@@]21C. The number of carbonyl (C=O) groups is 1. The van der Waals surface area contributed by atoms with Gasteiger partial charge in [0, 0.05) is 12.5 Å². The molecule has 0 spiro atoms. The lowest BCUT2D eigenvalue weighted by Gasteiger charge is -2.58. The third-order valence-corrected chi connectivity index (χ3v) is 12.0. The largest absolute Gasteiger partial charge is 0.459 e. The Hall–Kier alpha value is -2.09. The molecule has 218 valence electrons. The first-order chi connectivity index (χ1) is 19.2. The van der Waals surface area contributed by atoms with Crippen LogP contribution in [0.15, 0.2) is 60.2 Å². The molecule has 0 heterocycles. The highest BCUT2D eigenvalue weighted by Gasteiger charge is 2.59. The van der Waals surface area contributed by atoms with Crippen molar-refractivity contribution in [2.24, 2.45) is 46.3 Å². The smallest absolute Gasteiger partial charge is 0.331 e. The third kappa shape index (κ3) is 6.07. The Kier molecular flexibility index (Phi) is 9.13. The molecule has 2 nitrogen and oxygen atoms in total. The minimum atomic E-state index is -0.214. The van der Waals surface area contributed by atoms with Crippen molar-refractivity contribution in [3.05, 3.63) is 65.8 Å². The van der Waals surface area contributed by atoms with Crippen LogP contribution in [0.3, 0.4) is 0 Å². The molecule has 2 heteroatoms. The number of carbonyl (C=O) groups excluding carboxylic acids is 1. The number of benzene rings is 1. The summed E-state index contributed by atoms with van der Waals surface area (Å²) in [6.45, 7) is 12.5. The summed E-state index contributed by atoms with van der Waals surface area (Å²) in [5.74, 6) is 4.93. The number of rotatable bonds is 9. The van der Waals surface area contributed by atoms with Crippen molar-refractivity contribution >= 4 is 12.0 Å². The molecule has 0 aliphatic heterocycles. The Morgan fingerprint density at radius 1 is 0.975 bits per heavy atom. The van der Waals surface area contributed by atoms with Gasteiger partial charge in [-0.15, -0.1) is 0 Å². The van der Waals surface area contributed by atoms with Crippen LogP contribution < -0.4 is 0 Å². The molecule has 0 N–H and O–H groups in total. The standard InChI is InChI=1S/C38H54O2/c1-27(2)12-11-13-28(3)33-20-21-34-32-19-18-30-26-31(22-24-37(30,4)35(32)23-25-38(33,34)5)40-36(39)17-10-9-16-29-14-7-6-8-15-29/h6-10,14-18,27-28,31-35H,11-13,19-26H2,1-5H3/b16-9+,17-10+/t28-,31+,32-,33-,34-,35-,37+,38-/m1/s1. The summed E-state index contributed by atoms with van der Waals surface area (Å²) in [7, 11) is 0. The first-order valence-electron chi connectivity index (χ1n) is 16.5. The van der Waals surface area contributed by atoms with Crippen molar-refractivity contribution in [1.82, 2.24) is 0 Å². The Bertz CT molecular complexity index is 1100. The van der Waals surface area contributed by atoms with E-state index in [1.807, 2.05) is 30.4 Å². The van der Waals surface area contributed by atoms with Gasteiger partial charge in [0.2, 0.25) is 0 Å². The summed E-state index contributed by atoms with van der Waals surface area (Å²) in [4.78, 5) is 12.6. The Morgan fingerprint density at radius 2 is 1.77 bits per heavy atom. The van der Waals surface area contributed by atoms with Crippen molar-refractivity contribution in [3.63, 3.8) is 0 Å². The Morgan fingerprint density at radius 3 is 2.55 bits per heavy atom. The Labute approximate surface area is 244 Å². The Balaban J connectivity index is 1.18. The second kappa shape index (κ2) is 12.4. The molecule has 40 heavy (non-hydrogen) atoms. The first-order valence-corrected chi connectivity index (χ1v) is 16.5. The van der Waals surface area contributed by atoms with Crippen LogP contribution in [-0.4, -0.2) is 12.1 Å². The molecule has 3 saturated carbocycles. The van der Waals surface area contributed by atoms with E-state index in [1.165, 1.54) is 51.4 Å². The lowest BCUT2D eigenvalue weighted by molar-refractivity contribution is -0.145. The number of ether oxygens (including phenoxy) is 1. The molecule has 0 unspecified atom stereocenters. The lowest BCUT2D eigenvalue weighted by atomic mass is 9.47. The fourth-order valence-electron chi connectivity index (χ4n) is 9.82. The van der Waals surface area contributed by atoms with Gasteiger partial charge >= 0.3 is 5.97 Å². The van der Waals surface area contributed by atoms with Gasteiger partial charge in [0.1, 0.15) is 6.10 Å². The molecular formula is C38H54O2. The normalized spacial score (nSPS) is 36.2. The number of esters is 1. The molecule has 0 amide bonds. The van der Waals surface area contributed by atoms with Crippen LogP contribution >= 0.6 is 0 Å². The highest BCUT2D eigenvalue weighted by atomic mass is 16.5. The van der Waals surface area contributed by atoms with Gasteiger partial charge in [-0.05, 0) is 96.8 Å². The topological polar surface area (TPSA) is 26.3 Å². The summed E-state index contributed by atoms with van der Waals surface area (Å²) < 4.78 is 5.95. The average Bonchev–Trinajstić information content (AvgIpc) is 3.29. The van der Waals surface area contributed by atoms with E-state index in [-0.39, 0.29) is 12.1 Å². The van der Waals surface area contributed by atoms with Crippen molar-refractivity contribution in [1.29, 1.82) is 0 Å². The van der Waals surface area contributed by atoms with E-state index >= 15 is 0 Å². The predicted octanol–water partition coefficient (Wildman–Crippen LogP) is 10.2. The van der Waals surface area contributed by atoms with Crippen LogP contribution in [-0.2, 0) is 9.53 Å². The van der Waals surface area contributed by atoms with Gasteiger partial charge in [-0.25, -0.2) is 4.79 Å². The summed E-state index contributed by atoms with van der Waals surface area (Å²) in [6, 6.07) is 10.1. The van der Waals surface area contributed by atoms with Gasteiger partial charge in [0.05, 0.1) is 0 Å². The molecule has 0 radical (unpaired) electrons. The van der Waals surface area contributed by atoms with Gasteiger partial charge in [0.25, 0.3) is 0 Å². The molecule has 0 saturated heterocycles. The first kappa shape index (κ1) is 29.4. The van der Waals surface area contributed by atoms with E-state index in [2.05, 4.69) is 52.8 Å². The van der Waals surface area contributed by atoms with Crippen LogP contribution in [0.1, 0.15) is 111 Å². The van der Waals surface area contributed by atoms with Gasteiger partial charge < -0.3 is 4.74 Å². The van der Waals surface area contributed by atoms with Crippen molar-refractivity contribution in [2.75, 3.05) is 0 Å². The van der Waals surface area contributed by atoms with E-state index in [4.69, 9.17) is 4.74 Å². The summed E-state index contributed by atoms with van der Waals surface area (Å²) in [6.07, 6.45) is 24.1. The highest BCUT2D eigenvalue weighted by molar-refractivity contribution is 5.82. The van der Waals surface area contributed by atoms with Gasteiger partial charge in [-0.2, -0.15) is 0 Å². The molecule has 0 aromatic heterocycles. The van der Waals surface area contributed by atoms with E-state index in [1.54, 1.807) is 17.7 Å².